The molecule has 0 unspecified atom stereocenters. The number of carbonyl (C=O) groups excluding carboxylic acids is 1. The van der Waals surface area contributed by atoms with Crippen molar-refractivity contribution in [1.82, 2.24) is 15.5 Å². The predicted octanol–water partition coefficient (Wildman–Crippen LogP) is 3.18. The quantitative estimate of drug-likeness (QED) is 0.902. The number of nitrogens with one attached hydrogen (secondary N) is 2. The maximum absolute atomic E-state index is 12.6. The number of ether oxygens (including phenoxy) is 1. The van der Waals surface area contributed by atoms with Crippen LogP contribution in [0, 0.1) is 5.92 Å². The number of fused-ring (bicyclic) bond motifs is 2. The van der Waals surface area contributed by atoms with E-state index in [0.717, 1.165) is 48.3 Å². The van der Waals surface area contributed by atoms with Crippen LogP contribution in [0.15, 0.2) is 18.2 Å². The second kappa shape index (κ2) is 5.90. The van der Waals surface area contributed by atoms with Gasteiger partial charge in [0.25, 0.3) is 5.91 Å². The van der Waals surface area contributed by atoms with Crippen LogP contribution in [0.4, 0.5) is 0 Å². The van der Waals surface area contributed by atoms with Crippen molar-refractivity contribution >= 4 is 5.91 Å². The van der Waals surface area contributed by atoms with Crippen LogP contribution in [0.5, 0.6) is 5.75 Å². The molecule has 2 aliphatic rings. The van der Waals surface area contributed by atoms with Gasteiger partial charge in [-0.2, -0.15) is 5.10 Å². The molecule has 0 saturated carbocycles. The molecule has 4 rings (SSSR count). The Morgan fingerprint density at radius 3 is 3.12 bits per heavy atom. The van der Waals surface area contributed by atoms with E-state index in [4.69, 9.17) is 4.74 Å². The summed E-state index contributed by atoms with van der Waals surface area (Å²) < 4.78 is 5.90. The van der Waals surface area contributed by atoms with Gasteiger partial charge in [0, 0.05) is 24.2 Å². The van der Waals surface area contributed by atoms with Crippen LogP contribution in [0.25, 0.3) is 0 Å². The molecule has 0 bridgehead atoms. The first-order valence-corrected chi connectivity index (χ1v) is 9.06. The van der Waals surface area contributed by atoms with Gasteiger partial charge in [0.15, 0.2) is 5.69 Å². The van der Waals surface area contributed by atoms with E-state index in [1.165, 1.54) is 5.56 Å². The summed E-state index contributed by atoms with van der Waals surface area (Å²) in [5.41, 5.74) is 4.94. The van der Waals surface area contributed by atoms with E-state index in [-0.39, 0.29) is 11.5 Å². The van der Waals surface area contributed by atoms with Gasteiger partial charge in [-0.3, -0.25) is 9.89 Å². The molecule has 0 fully saturated rings. The lowest BCUT2D eigenvalue weighted by Crippen LogP contribution is -2.25. The van der Waals surface area contributed by atoms with Crippen LogP contribution in [0.3, 0.4) is 0 Å². The second-order valence-corrected chi connectivity index (χ2v) is 8.04. The predicted molar refractivity (Wildman–Crippen MR) is 95.8 cm³/mol. The number of aryl methyl sites for hydroxylation is 1. The monoisotopic (exact) mass is 339 g/mol. The van der Waals surface area contributed by atoms with Crippen LogP contribution in [0.1, 0.15) is 60.1 Å². The average molecular weight is 339 g/mol. The third-order valence-electron chi connectivity index (χ3n) is 5.19. The van der Waals surface area contributed by atoms with E-state index in [0.29, 0.717) is 18.2 Å². The van der Waals surface area contributed by atoms with Gasteiger partial charge >= 0.3 is 0 Å². The Hall–Kier alpha value is -2.30. The zero-order valence-electron chi connectivity index (χ0n) is 15.1. The number of rotatable bonds is 3. The fraction of sp³-hybridized carbons (Fsp3) is 0.500. The molecule has 5 heteroatoms. The van der Waals surface area contributed by atoms with Gasteiger partial charge in [-0.25, -0.2) is 0 Å². The Morgan fingerprint density at radius 1 is 1.44 bits per heavy atom. The Kier molecular flexibility index (Phi) is 3.82. The minimum Gasteiger partial charge on any atom is -0.487 e. The van der Waals surface area contributed by atoms with Crippen LogP contribution < -0.4 is 10.1 Å². The summed E-state index contributed by atoms with van der Waals surface area (Å²) in [7, 11) is 0. The van der Waals surface area contributed by atoms with Crippen molar-refractivity contribution in [2.75, 3.05) is 0 Å². The summed E-state index contributed by atoms with van der Waals surface area (Å²) in [6.45, 7) is 6.92. The van der Waals surface area contributed by atoms with E-state index < -0.39 is 0 Å². The molecule has 0 radical (unpaired) electrons. The number of aromatic amines is 1. The highest BCUT2D eigenvalue weighted by Gasteiger charge is 2.30. The second-order valence-electron chi connectivity index (χ2n) is 8.04. The fourth-order valence-electron chi connectivity index (χ4n) is 3.90. The summed E-state index contributed by atoms with van der Waals surface area (Å²) in [4.78, 5) is 12.6. The number of H-pyrrole nitrogens is 1. The topological polar surface area (TPSA) is 67.0 Å². The molecule has 0 saturated heterocycles. The lowest BCUT2D eigenvalue weighted by atomic mass is 9.87. The number of amides is 1. The summed E-state index contributed by atoms with van der Waals surface area (Å²) in [5.74, 6) is 1.47. The first-order chi connectivity index (χ1) is 11.9. The highest BCUT2D eigenvalue weighted by molar-refractivity contribution is 5.94. The van der Waals surface area contributed by atoms with E-state index in [1.807, 2.05) is 12.1 Å². The zero-order valence-corrected chi connectivity index (χ0v) is 15.1. The largest absolute Gasteiger partial charge is 0.487 e. The van der Waals surface area contributed by atoms with Crippen molar-refractivity contribution in [3.8, 4) is 5.75 Å². The van der Waals surface area contributed by atoms with Gasteiger partial charge in [0.2, 0.25) is 0 Å². The average Bonchev–Trinajstić information content (AvgIpc) is 3.10. The number of aromatic nitrogens is 2. The maximum Gasteiger partial charge on any atom is 0.272 e. The first kappa shape index (κ1) is 16.2. The van der Waals surface area contributed by atoms with Gasteiger partial charge in [-0.05, 0) is 56.2 Å². The molecule has 2 N–H and O–H groups in total. The van der Waals surface area contributed by atoms with Gasteiger partial charge < -0.3 is 10.1 Å². The summed E-state index contributed by atoms with van der Waals surface area (Å²) in [6.07, 6.45) is 3.97. The minimum atomic E-state index is -0.144. The Balaban J connectivity index is 1.44. The van der Waals surface area contributed by atoms with Crippen LogP contribution in [-0.2, 0) is 25.8 Å². The third-order valence-corrected chi connectivity index (χ3v) is 5.19. The zero-order chi connectivity index (χ0) is 17.6. The van der Waals surface area contributed by atoms with Gasteiger partial charge in [0.05, 0.1) is 0 Å². The van der Waals surface area contributed by atoms with E-state index >= 15 is 0 Å². The fourth-order valence-corrected chi connectivity index (χ4v) is 3.90. The van der Waals surface area contributed by atoms with Gasteiger partial charge in [-0.1, -0.05) is 19.1 Å². The molecule has 1 atom stereocenters. The van der Waals surface area contributed by atoms with E-state index in [9.17, 15) is 4.79 Å². The molecule has 25 heavy (non-hydrogen) atoms. The Labute approximate surface area is 148 Å². The van der Waals surface area contributed by atoms with Crippen molar-refractivity contribution < 1.29 is 9.53 Å². The minimum absolute atomic E-state index is 0.0938. The Morgan fingerprint density at radius 2 is 2.28 bits per heavy atom. The van der Waals surface area contributed by atoms with E-state index in [2.05, 4.69) is 42.4 Å². The lowest BCUT2D eigenvalue weighted by molar-refractivity contribution is 0.0944. The van der Waals surface area contributed by atoms with Crippen LogP contribution >= 0.6 is 0 Å². The number of nitrogens with zero attached hydrogens (tertiary/aromatic N) is 1. The normalized spacial score (nSPS) is 20.5. The number of hydrogen-bond acceptors (Lipinski definition) is 3. The summed E-state index contributed by atoms with van der Waals surface area (Å²) in [6, 6.07) is 6.15. The van der Waals surface area contributed by atoms with Crippen molar-refractivity contribution in [1.29, 1.82) is 0 Å². The Bertz CT molecular complexity index is 822. The molecule has 1 aromatic carbocycles. The molecule has 1 aliphatic heterocycles. The molecule has 2 heterocycles. The van der Waals surface area contributed by atoms with Crippen molar-refractivity contribution in [3.05, 3.63) is 46.3 Å². The molecule has 1 aliphatic carbocycles. The van der Waals surface area contributed by atoms with E-state index in [1.54, 1.807) is 0 Å². The molecule has 1 aromatic heterocycles. The number of carbonyl (C=O) groups is 1. The smallest absolute Gasteiger partial charge is 0.272 e. The molecule has 5 nitrogen and oxygen atoms in total. The lowest BCUT2D eigenvalue weighted by Gasteiger charge is -2.18. The van der Waals surface area contributed by atoms with Crippen molar-refractivity contribution in [2.45, 2.75) is 58.6 Å². The maximum atomic E-state index is 12.6. The summed E-state index contributed by atoms with van der Waals surface area (Å²) in [5, 5.41) is 10.3. The molecule has 132 valence electrons. The highest BCUT2D eigenvalue weighted by atomic mass is 16.5. The van der Waals surface area contributed by atoms with Crippen molar-refractivity contribution in [2.24, 2.45) is 5.92 Å². The molecule has 1 amide bonds. The molecular weight excluding hydrogens is 314 g/mol. The number of hydrogen-bond donors (Lipinski definition) is 2. The summed E-state index contributed by atoms with van der Waals surface area (Å²) >= 11 is 0. The van der Waals surface area contributed by atoms with Crippen LogP contribution in [0.2, 0.25) is 0 Å². The van der Waals surface area contributed by atoms with Crippen LogP contribution in [-0.4, -0.2) is 21.7 Å². The molecule has 2 aromatic rings. The molecule has 0 spiro atoms. The highest BCUT2D eigenvalue weighted by Crippen LogP contribution is 2.35. The first-order valence-electron chi connectivity index (χ1n) is 9.06. The van der Waals surface area contributed by atoms with Gasteiger partial charge in [-0.15, -0.1) is 0 Å². The third kappa shape index (κ3) is 3.15. The van der Waals surface area contributed by atoms with Crippen molar-refractivity contribution in [3.63, 3.8) is 0 Å². The standard InChI is InChI=1S/C20H25N3O2/c1-12-4-6-16-15(8-12)18(23-22-16)19(24)21-11-13-5-7-17-14(9-13)10-20(2,3)25-17/h5,7,9,12H,4,6,8,10-11H2,1-3H3,(H,21,24)(H,22,23)/t12-/m0/s1. The number of benzene rings is 1. The SMILES string of the molecule is C[C@H]1CCc2[nH]nc(C(=O)NCc3ccc4c(c3)CC(C)(C)O4)c2C1. The van der Waals surface area contributed by atoms with Gasteiger partial charge in [0.1, 0.15) is 11.4 Å². The molecular formula is C20H25N3O2.